The average molecular weight is 434 g/mol. The zero-order chi connectivity index (χ0) is 16.5. The molecule has 6 nitrogen and oxygen atoms in total. The van der Waals surface area contributed by atoms with Crippen LogP contribution < -0.4 is 4.90 Å². The Labute approximate surface area is 154 Å². The summed E-state index contributed by atoms with van der Waals surface area (Å²) >= 11 is 2.23. The largest absolute Gasteiger partial charge is 0.353 e. The van der Waals surface area contributed by atoms with Gasteiger partial charge in [0, 0.05) is 50.5 Å². The minimum atomic E-state index is 0.955. The number of fused-ring (bicyclic) bond motifs is 1. The van der Waals surface area contributed by atoms with Gasteiger partial charge in [0.15, 0.2) is 5.82 Å². The molecule has 0 atom stereocenters. The van der Waals surface area contributed by atoms with Gasteiger partial charge in [0.05, 0.1) is 0 Å². The number of H-pyrrole nitrogens is 1. The number of hydrogen-bond donors (Lipinski definition) is 1. The molecule has 1 aliphatic rings. The van der Waals surface area contributed by atoms with E-state index in [1.165, 1.54) is 16.5 Å². The van der Waals surface area contributed by atoms with Gasteiger partial charge in [-0.2, -0.15) is 0 Å². The first kappa shape index (κ1) is 15.8. The van der Waals surface area contributed by atoms with E-state index in [2.05, 4.69) is 77.8 Å². The van der Waals surface area contributed by atoms with Crippen molar-refractivity contribution in [3.63, 3.8) is 0 Å². The first-order valence-electron chi connectivity index (χ1n) is 8.09. The molecule has 3 aromatic rings. The molecule has 1 aliphatic heterocycles. The van der Waals surface area contributed by atoms with Crippen molar-refractivity contribution in [3.8, 4) is 0 Å². The molecular weight excluding hydrogens is 415 g/mol. The molecular formula is C17H19IN6. The molecule has 0 unspecified atom stereocenters. The lowest BCUT2D eigenvalue weighted by atomic mass is 10.2. The Kier molecular flexibility index (Phi) is 4.36. The van der Waals surface area contributed by atoms with E-state index in [0.717, 1.165) is 47.9 Å². The molecule has 0 aliphatic carbocycles. The number of aromatic nitrogens is 4. The Bertz CT molecular complexity index is 853. The molecule has 0 aromatic carbocycles. The van der Waals surface area contributed by atoms with E-state index in [-0.39, 0.29) is 0 Å². The van der Waals surface area contributed by atoms with E-state index < -0.39 is 0 Å². The van der Waals surface area contributed by atoms with Crippen LogP contribution in [0.2, 0.25) is 0 Å². The van der Waals surface area contributed by atoms with Gasteiger partial charge in [-0.05, 0) is 58.8 Å². The summed E-state index contributed by atoms with van der Waals surface area (Å²) in [6.07, 6.45) is 3.91. The quantitative estimate of drug-likeness (QED) is 0.643. The fraction of sp³-hybridized carbons (Fsp3) is 0.353. The molecule has 0 amide bonds. The zero-order valence-electron chi connectivity index (χ0n) is 13.5. The van der Waals surface area contributed by atoms with Crippen LogP contribution in [0.15, 0.2) is 30.6 Å². The van der Waals surface area contributed by atoms with Gasteiger partial charge in [-0.15, -0.1) is 10.2 Å². The summed E-state index contributed by atoms with van der Waals surface area (Å²) in [5.41, 5.74) is 3.47. The number of halogens is 1. The van der Waals surface area contributed by atoms with Crippen molar-refractivity contribution in [1.29, 1.82) is 0 Å². The topological polar surface area (TPSA) is 60.9 Å². The van der Waals surface area contributed by atoms with E-state index in [1.54, 1.807) is 0 Å². The molecule has 0 saturated carbocycles. The normalized spacial score (nSPS) is 16.0. The highest BCUT2D eigenvalue weighted by Crippen LogP contribution is 2.20. The van der Waals surface area contributed by atoms with Crippen LogP contribution in [0.4, 0.5) is 5.82 Å². The monoisotopic (exact) mass is 434 g/mol. The Balaban J connectivity index is 1.42. The molecule has 4 heterocycles. The molecule has 4 rings (SSSR count). The number of pyridine rings is 1. The smallest absolute Gasteiger partial charge is 0.151 e. The van der Waals surface area contributed by atoms with Crippen molar-refractivity contribution in [2.24, 2.45) is 0 Å². The second kappa shape index (κ2) is 6.64. The van der Waals surface area contributed by atoms with Gasteiger partial charge < -0.3 is 9.88 Å². The van der Waals surface area contributed by atoms with Gasteiger partial charge in [-0.3, -0.25) is 4.90 Å². The summed E-state index contributed by atoms with van der Waals surface area (Å²) in [5.74, 6) is 0.990. The van der Waals surface area contributed by atoms with Gasteiger partial charge in [-0.1, -0.05) is 0 Å². The second-order valence-corrected chi connectivity index (χ2v) is 7.17. The van der Waals surface area contributed by atoms with E-state index >= 15 is 0 Å². The third-order valence-corrected chi connectivity index (χ3v) is 5.60. The molecule has 1 saturated heterocycles. The predicted octanol–water partition coefficient (Wildman–Crippen LogP) is 2.59. The van der Waals surface area contributed by atoms with E-state index in [0.29, 0.717) is 0 Å². The number of anilines is 1. The number of hydrogen-bond acceptors (Lipinski definition) is 5. The maximum absolute atomic E-state index is 4.36. The highest BCUT2D eigenvalue weighted by Gasteiger charge is 2.20. The molecule has 24 heavy (non-hydrogen) atoms. The lowest BCUT2D eigenvalue weighted by Gasteiger charge is -2.35. The standard InChI is InChI=1S/C17H19IN6/c1-12-9-15(21-22-16(12)18)24-7-5-23(6-8-24)11-13-10-20-17-14(13)3-2-4-19-17/h2-4,9-10H,5-8,11H2,1H3,(H,19,20). The maximum Gasteiger partial charge on any atom is 0.151 e. The van der Waals surface area contributed by atoms with Crippen molar-refractivity contribution in [1.82, 2.24) is 25.1 Å². The van der Waals surface area contributed by atoms with Gasteiger partial charge in [0.25, 0.3) is 0 Å². The molecule has 0 bridgehead atoms. The minimum Gasteiger partial charge on any atom is -0.353 e. The lowest BCUT2D eigenvalue weighted by Crippen LogP contribution is -2.46. The van der Waals surface area contributed by atoms with Gasteiger partial charge >= 0.3 is 0 Å². The number of aryl methyl sites for hydroxylation is 1. The number of rotatable bonds is 3. The SMILES string of the molecule is Cc1cc(N2CCN(Cc3c[nH]c4ncccc34)CC2)nnc1I. The molecule has 0 spiro atoms. The molecule has 7 heteroatoms. The second-order valence-electron chi connectivity index (χ2n) is 6.15. The molecule has 1 N–H and O–H groups in total. The molecule has 124 valence electrons. The predicted molar refractivity (Wildman–Crippen MR) is 103 cm³/mol. The number of piperazine rings is 1. The van der Waals surface area contributed by atoms with E-state index in [1.807, 2.05) is 12.3 Å². The first-order valence-corrected chi connectivity index (χ1v) is 9.17. The highest BCUT2D eigenvalue weighted by atomic mass is 127. The van der Waals surface area contributed by atoms with Crippen molar-refractivity contribution < 1.29 is 0 Å². The highest BCUT2D eigenvalue weighted by molar-refractivity contribution is 14.1. The molecule has 3 aromatic heterocycles. The van der Waals surface area contributed by atoms with E-state index in [9.17, 15) is 0 Å². The van der Waals surface area contributed by atoms with Crippen LogP contribution >= 0.6 is 22.6 Å². The lowest BCUT2D eigenvalue weighted by molar-refractivity contribution is 0.250. The summed E-state index contributed by atoms with van der Waals surface area (Å²) in [4.78, 5) is 12.4. The Morgan fingerprint density at radius 3 is 2.83 bits per heavy atom. The summed E-state index contributed by atoms with van der Waals surface area (Å²) in [7, 11) is 0. The first-order chi connectivity index (χ1) is 11.7. The third kappa shape index (κ3) is 3.10. The average Bonchev–Trinajstić information content (AvgIpc) is 3.01. The van der Waals surface area contributed by atoms with Crippen LogP contribution in [0.5, 0.6) is 0 Å². The number of nitrogens with zero attached hydrogens (tertiary/aromatic N) is 5. The number of aromatic amines is 1. The summed E-state index contributed by atoms with van der Waals surface area (Å²) in [6, 6.07) is 6.26. The van der Waals surface area contributed by atoms with Crippen LogP contribution in [-0.4, -0.2) is 51.2 Å². The van der Waals surface area contributed by atoms with Crippen LogP contribution in [-0.2, 0) is 6.54 Å². The fourth-order valence-electron chi connectivity index (χ4n) is 3.13. The van der Waals surface area contributed by atoms with Gasteiger partial charge in [0.1, 0.15) is 9.35 Å². The third-order valence-electron chi connectivity index (χ3n) is 4.54. The summed E-state index contributed by atoms with van der Waals surface area (Å²) in [5, 5.41) is 9.80. The fourth-order valence-corrected chi connectivity index (χ4v) is 3.39. The Morgan fingerprint density at radius 2 is 2.04 bits per heavy atom. The Hall–Kier alpha value is -1.74. The zero-order valence-corrected chi connectivity index (χ0v) is 15.7. The maximum atomic E-state index is 4.36. The number of nitrogens with one attached hydrogen (secondary N) is 1. The van der Waals surface area contributed by atoms with Gasteiger partial charge in [-0.25, -0.2) is 4.98 Å². The molecule has 1 fully saturated rings. The van der Waals surface area contributed by atoms with Crippen LogP contribution in [0.1, 0.15) is 11.1 Å². The van der Waals surface area contributed by atoms with Crippen LogP contribution in [0.3, 0.4) is 0 Å². The summed E-state index contributed by atoms with van der Waals surface area (Å²) < 4.78 is 0.975. The van der Waals surface area contributed by atoms with Crippen LogP contribution in [0.25, 0.3) is 11.0 Å². The van der Waals surface area contributed by atoms with Gasteiger partial charge in [0.2, 0.25) is 0 Å². The van der Waals surface area contributed by atoms with Crippen molar-refractivity contribution >= 4 is 39.4 Å². The summed E-state index contributed by atoms with van der Waals surface area (Å²) in [6.45, 7) is 7.06. The minimum absolute atomic E-state index is 0.955. The van der Waals surface area contributed by atoms with E-state index in [4.69, 9.17) is 0 Å². The van der Waals surface area contributed by atoms with Crippen LogP contribution in [0, 0.1) is 10.6 Å². The van der Waals surface area contributed by atoms with Crippen molar-refractivity contribution in [2.75, 3.05) is 31.1 Å². The van der Waals surface area contributed by atoms with Crippen molar-refractivity contribution in [2.45, 2.75) is 13.5 Å². The molecule has 0 radical (unpaired) electrons. The van der Waals surface area contributed by atoms with Crippen molar-refractivity contribution in [3.05, 3.63) is 45.4 Å². The Morgan fingerprint density at radius 1 is 1.21 bits per heavy atom.